The van der Waals surface area contributed by atoms with Crippen molar-refractivity contribution in [2.75, 3.05) is 13.1 Å². The Labute approximate surface area is 114 Å². The van der Waals surface area contributed by atoms with E-state index in [1.165, 1.54) is 0 Å². The SMILES string of the molecule is CC(C)CN(CC(F)(F)F)S(=O)(=O)c1ncccc1F. The summed E-state index contributed by atoms with van der Waals surface area (Å²) in [5.74, 6) is -1.53. The molecule has 1 aromatic rings. The molecule has 1 aromatic heterocycles. The van der Waals surface area contributed by atoms with Gasteiger partial charge < -0.3 is 0 Å². The van der Waals surface area contributed by atoms with Crippen molar-refractivity contribution in [1.82, 2.24) is 9.29 Å². The highest BCUT2D eigenvalue weighted by atomic mass is 32.2. The minimum atomic E-state index is -4.72. The highest BCUT2D eigenvalue weighted by Gasteiger charge is 2.38. The van der Waals surface area contributed by atoms with Gasteiger partial charge in [0, 0.05) is 12.7 Å². The molecule has 0 saturated carbocycles. The molecule has 0 aromatic carbocycles. The zero-order valence-electron chi connectivity index (χ0n) is 10.9. The van der Waals surface area contributed by atoms with Gasteiger partial charge >= 0.3 is 6.18 Å². The molecule has 0 amide bonds. The number of alkyl halides is 3. The molecule has 9 heteroatoms. The van der Waals surface area contributed by atoms with Crippen LogP contribution < -0.4 is 0 Å². The smallest absolute Gasteiger partial charge is 0.241 e. The van der Waals surface area contributed by atoms with Crippen LogP contribution in [0.25, 0.3) is 0 Å². The fourth-order valence-corrected chi connectivity index (χ4v) is 3.10. The lowest BCUT2D eigenvalue weighted by Crippen LogP contribution is -2.41. The highest BCUT2D eigenvalue weighted by molar-refractivity contribution is 7.89. The van der Waals surface area contributed by atoms with Gasteiger partial charge in [-0.15, -0.1) is 0 Å². The summed E-state index contributed by atoms with van der Waals surface area (Å²) >= 11 is 0. The highest BCUT2D eigenvalue weighted by Crippen LogP contribution is 2.23. The third-order valence-electron chi connectivity index (χ3n) is 2.23. The first kappa shape index (κ1) is 16.8. The monoisotopic (exact) mass is 314 g/mol. The molecular weight excluding hydrogens is 300 g/mol. The minimum Gasteiger partial charge on any atom is -0.241 e. The molecule has 0 fully saturated rings. The fourth-order valence-electron chi connectivity index (χ4n) is 1.54. The van der Waals surface area contributed by atoms with Crippen molar-refractivity contribution >= 4 is 10.0 Å². The Bertz CT molecular complexity index is 558. The van der Waals surface area contributed by atoms with Crippen molar-refractivity contribution in [1.29, 1.82) is 0 Å². The van der Waals surface area contributed by atoms with Crippen molar-refractivity contribution in [3.63, 3.8) is 0 Å². The molecule has 0 bridgehead atoms. The van der Waals surface area contributed by atoms with Gasteiger partial charge in [-0.1, -0.05) is 13.8 Å². The van der Waals surface area contributed by atoms with Crippen molar-refractivity contribution < 1.29 is 26.0 Å². The third kappa shape index (κ3) is 4.41. The molecule has 0 aliphatic carbocycles. The van der Waals surface area contributed by atoms with Gasteiger partial charge in [0.05, 0.1) is 0 Å². The third-order valence-corrected chi connectivity index (χ3v) is 3.98. The first-order valence-electron chi connectivity index (χ1n) is 5.71. The molecule has 0 aliphatic heterocycles. The van der Waals surface area contributed by atoms with E-state index in [1.54, 1.807) is 13.8 Å². The number of hydrogen-bond acceptors (Lipinski definition) is 3. The van der Waals surface area contributed by atoms with Crippen LogP contribution in [-0.2, 0) is 10.0 Å². The second kappa shape index (κ2) is 6.04. The molecular formula is C11H14F4N2O2S. The van der Waals surface area contributed by atoms with Crippen LogP contribution in [0.15, 0.2) is 23.4 Å². The molecule has 0 atom stereocenters. The van der Waals surface area contributed by atoms with Gasteiger partial charge in [0.25, 0.3) is 10.0 Å². The number of halogens is 4. The van der Waals surface area contributed by atoms with Gasteiger partial charge in [-0.2, -0.15) is 17.5 Å². The van der Waals surface area contributed by atoms with Crippen molar-refractivity contribution in [3.8, 4) is 0 Å². The Kier molecular flexibility index (Phi) is 5.09. The van der Waals surface area contributed by atoms with Crippen LogP contribution in [-0.4, -0.2) is 37.0 Å². The predicted octanol–water partition coefficient (Wildman–Crippen LogP) is 2.43. The number of nitrogens with zero attached hydrogens (tertiary/aromatic N) is 2. The normalized spacial score (nSPS) is 13.2. The van der Waals surface area contributed by atoms with E-state index in [-0.39, 0.29) is 16.8 Å². The lowest BCUT2D eigenvalue weighted by Gasteiger charge is -2.24. The average molecular weight is 314 g/mol. The molecule has 0 radical (unpaired) electrons. The zero-order valence-corrected chi connectivity index (χ0v) is 11.7. The molecule has 1 rings (SSSR count). The summed E-state index contributed by atoms with van der Waals surface area (Å²) in [7, 11) is -4.63. The predicted molar refractivity (Wildman–Crippen MR) is 63.8 cm³/mol. The van der Waals surface area contributed by atoms with Crippen molar-refractivity contribution in [2.45, 2.75) is 25.0 Å². The van der Waals surface area contributed by atoms with E-state index in [4.69, 9.17) is 0 Å². The van der Waals surface area contributed by atoms with Crippen molar-refractivity contribution in [2.24, 2.45) is 5.92 Å². The summed E-state index contributed by atoms with van der Waals surface area (Å²) in [4.78, 5) is 3.34. The van der Waals surface area contributed by atoms with E-state index in [2.05, 4.69) is 4.98 Å². The Balaban J connectivity index is 3.21. The first-order valence-corrected chi connectivity index (χ1v) is 7.15. The van der Waals surface area contributed by atoms with Crippen molar-refractivity contribution in [3.05, 3.63) is 24.1 Å². The van der Waals surface area contributed by atoms with Crippen LogP contribution in [0.4, 0.5) is 17.6 Å². The molecule has 0 spiro atoms. The number of aromatic nitrogens is 1. The van der Waals surface area contributed by atoms with E-state index in [0.29, 0.717) is 0 Å². The van der Waals surface area contributed by atoms with E-state index >= 15 is 0 Å². The minimum absolute atomic E-state index is 0.197. The fraction of sp³-hybridized carbons (Fsp3) is 0.545. The van der Waals surface area contributed by atoms with Crippen LogP contribution in [0, 0.1) is 11.7 Å². The topological polar surface area (TPSA) is 50.3 Å². The maximum atomic E-state index is 13.5. The largest absolute Gasteiger partial charge is 0.402 e. The standard InChI is InChI=1S/C11H14F4N2O2S/c1-8(2)6-17(7-11(13,14)15)20(18,19)10-9(12)4-3-5-16-10/h3-5,8H,6-7H2,1-2H3. The van der Waals surface area contributed by atoms with Gasteiger partial charge in [0.15, 0.2) is 5.82 Å². The van der Waals surface area contributed by atoms with Gasteiger partial charge in [0.1, 0.15) is 6.54 Å². The van der Waals surface area contributed by atoms with E-state index in [1.807, 2.05) is 0 Å². The number of pyridine rings is 1. The maximum Gasteiger partial charge on any atom is 0.402 e. The summed E-state index contributed by atoms with van der Waals surface area (Å²) in [5.41, 5.74) is 0. The molecule has 20 heavy (non-hydrogen) atoms. The second-order valence-electron chi connectivity index (χ2n) is 4.60. The summed E-state index contributed by atoms with van der Waals surface area (Å²) in [6.45, 7) is 1.07. The maximum absolute atomic E-state index is 13.5. The van der Waals surface area contributed by atoms with Gasteiger partial charge in [0.2, 0.25) is 5.03 Å². The molecule has 114 valence electrons. The lowest BCUT2D eigenvalue weighted by molar-refractivity contribution is -0.136. The van der Waals surface area contributed by atoms with Gasteiger partial charge in [-0.3, -0.25) is 0 Å². The molecule has 4 nitrogen and oxygen atoms in total. The molecule has 1 heterocycles. The molecule has 0 saturated heterocycles. The first-order chi connectivity index (χ1) is 9.04. The Morgan fingerprint density at radius 3 is 2.40 bits per heavy atom. The van der Waals surface area contributed by atoms with Crippen LogP contribution in [0.2, 0.25) is 0 Å². The Hall–Kier alpha value is -1.22. The van der Waals surface area contributed by atoms with E-state index < -0.39 is 33.6 Å². The van der Waals surface area contributed by atoms with Gasteiger partial charge in [-0.25, -0.2) is 17.8 Å². The van der Waals surface area contributed by atoms with E-state index in [9.17, 15) is 26.0 Å². The summed E-state index contributed by atoms with van der Waals surface area (Å²) in [6, 6.07) is 1.99. The number of rotatable bonds is 5. The van der Waals surface area contributed by atoms with Crippen LogP contribution in [0.3, 0.4) is 0 Å². The average Bonchev–Trinajstić information content (AvgIpc) is 2.25. The molecule has 0 N–H and O–H groups in total. The number of sulfonamides is 1. The number of hydrogen-bond donors (Lipinski definition) is 0. The summed E-state index contributed by atoms with van der Waals surface area (Å²) < 4.78 is 75.3. The summed E-state index contributed by atoms with van der Waals surface area (Å²) in [5, 5.41) is -0.995. The van der Waals surface area contributed by atoms with Crippen LogP contribution >= 0.6 is 0 Å². The van der Waals surface area contributed by atoms with Crippen LogP contribution in [0.5, 0.6) is 0 Å². The second-order valence-corrected chi connectivity index (χ2v) is 6.45. The van der Waals surface area contributed by atoms with Crippen LogP contribution in [0.1, 0.15) is 13.8 Å². The Morgan fingerprint density at radius 2 is 1.95 bits per heavy atom. The quantitative estimate of drug-likeness (QED) is 0.784. The molecule has 0 aliphatic rings. The van der Waals surface area contributed by atoms with E-state index in [0.717, 1.165) is 18.3 Å². The molecule has 0 unspecified atom stereocenters. The lowest BCUT2D eigenvalue weighted by atomic mass is 10.2. The van der Waals surface area contributed by atoms with Gasteiger partial charge in [-0.05, 0) is 18.1 Å². The Morgan fingerprint density at radius 1 is 1.35 bits per heavy atom. The summed E-state index contributed by atoms with van der Waals surface area (Å²) in [6.07, 6.45) is -3.70. The zero-order chi connectivity index (χ0) is 15.6.